The molecule has 0 aliphatic carbocycles. The van der Waals surface area contributed by atoms with Gasteiger partial charge >= 0.3 is 5.97 Å². The molecule has 2 aliphatic rings. The number of carbonyl (C=O) groups excluding carboxylic acids is 2. The van der Waals surface area contributed by atoms with Gasteiger partial charge < -0.3 is 25.4 Å². The SMILES string of the molecule is CON=C(C(=O)N[C@@H]1C(=O)N2C(C(=O)O)=CCS[C@@H]12)c1coc(N)n1. The zero-order chi connectivity index (χ0) is 18.1. The second-order valence-corrected chi connectivity index (χ2v) is 6.12. The molecule has 0 radical (unpaired) electrons. The molecule has 3 rings (SSSR count). The molecule has 2 aliphatic heterocycles. The van der Waals surface area contributed by atoms with Crippen LogP contribution in [0.1, 0.15) is 5.69 Å². The van der Waals surface area contributed by atoms with Gasteiger partial charge in [-0.05, 0) is 6.08 Å². The number of fused-ring (bicyclic) bond motifs is 1. The van der Waals surface area contributed by atoms with E-state index in [-0.39, 0.29) is 23.1 Å². The van der Waals surface area contributed by atoms with E-state index in [1.807, 2.05) is 0 Å². The van der Waals surface area contributed by atoms with Gasteiger partial charge in [0.15, 0.2) is 5.71 Å². The van der Waals surface area contributed by atoms with Crippen molar-refractivity contribution in [1.82, 2.24) is 15.2 Å². The van der Waals surface area contributed by atoms with Crippen LogP contribution in [-0.2, 0) is 19.2 Å². The Morgan fingerprint density at radius 3 is 2.96 bits per heavy atom. The van der Waals surface area contributed by atoms with E-state index >= 15 is 0 Å². The molecule has 1 aromatic heterocycles. The number of anilines is 1. The molecule has 4 N–H and O–H groups in total. The number of oxime groups is 1. The smallest absolute Gasteiger partial charge is 0.352 e. The Morgan fingerprint density at radius 1 is 1.60 bits per heavy atom. The number of rotatable bonds is 5. The van der Waals surface area contributed by atoms with Crippen molar-refractivity contribution in [3.63, 3.8) is 0 Å². The normalized spacial score (nSPS) is 22.6. The summed E-state index contributed by atoms with van der Waals surface area (Å²) in [4.78, 5) is 45.4. The summed E-state index contributed by atoms with van der Waals surface area (Å²) < 4.78 is 4.83. The molecular formula is C13H13N5O6S. The standard InChI is InChI=1S/C13H13N5O6S/c1-23-17-7(5-4-24-13(14)15-5)9(19)16-8-10(20)18-6(12(21)22)2-3-25-11(8)18/h2,4,8,11H,3H2,1H3,(H2,14,15)(H,16,19)(H,21,22)/t8-,11+/m1/s1. The van der Waals surface area contributed by atoms with Crippen molar-refractivity contribution in [3.05, 3.63) is 23.7 Å². The van der Waals surface area contributed by atoms with Gasteiger partial charge in [-0.1, -0.05) is 5.16 Å². The molecule has 132 valence electrons. The number of aromatic nitrogens is 1. The number of carbonyl (C=O) groups is 3. The molecule has 0 unspecified atom stereocenters. The Labute approximate surface area is 144 Å². The van der Waals surface area contributed by atoms with Gasteiger partial charge in [0, 0.05) is 5.75 Å². The van der Waals surface area contributed by atoms with Crippen molar-refractivity contribution < 1.29 is 28.7 Å². The number of nitrogens with one attached hydrogen (secondary N) is 1. The average Bonchev–Trinajstić information content (AvgIpc) is 3.02. The lowest BCUT2D eigenvalue weighted by Gasteiger charge is -2.48. The van der Waals surface area contributed by atoms with Crippen LogP contribution in [0.25, 0.3) is 0 Å². The quantitative estimate of drug-likeness (QED) is 0.336. The van der Waals surface area contributed by atoms with Crippen LogP contribution in [0.2, 0.25) is 0 Å². The first kappa shape index (κ1) is 16.8. The number of aliphatic carboxylic acids is 1. The minimum atomic E-state index is -1.19. The summed E-state index contributed by atoms with van der Waals surface area (Å²) in [7, 11) is 1.24. The fourth-order valence-corrected chi connectivity index (χ4v) is 3.63. The second-order valence-electron chi connectivity index (χ2n) is 4.97. The highest BCUT2D eigenvalue weighted by molar-refractivity contribution is 8.00. The molecule has 0 spiro atoms. The lowest BCUT2D eigenvalue weighted by molar-refractivity contribution is -0.150. The van der Waals surface area contributed by atoms with Crippen LogP contribution in [0.4, 0.5) is 6.01 Å². The van der Waals surface area contributed by atoms with E-state index in [0.717, 1.165) is 11.2 Å². The molecular weight excluding hydrogens is 354 g/mol. The Kier molecular flexibility index (Phi) is 4.35. The van der Waals surface area contributed by atoms with Crippen molar-refractivity contribution in [3.8, 4) is 0 Å². The van der Waals surface area contributed by atoms with Gasteiger partial charge in [0.05, 0.1) is 0 Å². The van der Waals surface area contributed by atoms with Gasteiger partial charge in [-0.15, -0.1) is 11.8 Å². The third-order valence-corrected chi connectivity index (χ3v) is 4.70. The van der Waals surface area contributed by atoms with Crippen LogP contribution < -0.4 is 11.1 Å². The lowest BCUT2D eigenvalue weighted by atomic mass is 10.0. The number of nitrogen functional groups attached to an aromatic ring is 1. The monoisotopic (exact) mass is 367 g/mol. The van der Waals surface area contributed by atoms with Gasteiger partial charge in [-0.25, -0.2) is 4.79 Å². The number of thioether (sulfide) groups is 1. The first-order valence-electron chi connectivity index (χ1n) is 6.95. The fourth-order valence-electron chi connectivity index (χ4n) is 2.44. The molecule has 0 aromatic carbocycles. The van der Waals surface area contributed by atoms with E-state index in [1.54, 1.807) is 0 Å². The molecule has 3 heterocycles. The third-order valence-electron chi connectivity index (χ3n) is 3.51. The number of nitrogens with two attached hydrogens (primary N) is 1. The number of oxazole rings is 1. The van der Waals surface area contributed by atoms with Gasteiger partial charge in [0.25, 0.3) is 17.8 Å². The van der Waals surface area contributed by atoms with Crippen LogP contribution in [0.15, 0.2) is 27.6 Å². The molecule has 1 fully saturated rings. The number of hydrogen-bond donors (Lipinski definition) is 3. The predicted molar refractivity (Wildman–Crippen MR) is 85.2 cm³/mol. The summed E-state index contributed by atoms with van der Waals surface area (Å²) in [6.07, 6.45) is 2.58. The van der Waals surface area contributed by atoms with E-state index in [9.17, 15) is 14.4 Å². The maximum Gasteiger partial charge on any atom is 0.352 e. The van der Waals surface area contributed by atoms with Crippen LogP contribution in [0.3, 0.4) is 0 Å². The molecule has 12 heteroatoms. The summed E-state index contributed by atoms with van der Waals surface area (Å²) in [5.41, 5.74) is 5.11. The summed E-state index contributed by atoms with van der Waals surface area (Å²) in [6, 6.07) is -1.04. The fraction of sp³-hybridized carbons (Fsp3) is 0.308. The first-order valence-corrected chi connectivity index (χ1v) is 8.00. The van der Waals surface area contributed by atoms with Crippen LogP contribution >= 0.6 is 11.8 Å². The number of nitrogens with zero attached hydrogens (tertiary/aromatic N) is 3. The van der Waals surface area contributed by atoms with Gasteiger partial charge in [0.1, 0.15) is 36.2 Å². The first-order chi connectivity index (χ1) is 11.9. The number of carboxylic acid groups (broad SMARTS) is 1. The van der Waals surface area contributed by atoms with Crippen molar-refractivity contribution in [1.29, 1.82) is 0 Å². The molecule has 2 atom stereocenters. The molecule has 0 saturated carbocycles. The predicted octanol–water partition coefficient (Wildman–Crippen LogP) is -1.02. The number of carboxylic acids is 1. The summed E-state index contributed by atoms with van der Waals surface area (Å²) in [6.45, 7) is 0. The van der Waals surface area contributed by atoms with Crippen LogP contribution in [0, 0.1) is 0 Å². The highest BCUT2D eigenvalue weighted by Crippen LogP contribution is 2.37. The van der Waals surface area contributed by atoms with Crippen molar-refractivity contribution in [2.45, 2.75) is 11.4 Å². The van der Waals surface area contributed by atoms with E-state index in [1.165, 1.54) is 24.9 Å². The molecule has 1 saturated heterocycles. The third kappa shape index (κ3) is 2.91. The molecule has 2 amide bonds. The lowest BCUT2D eigenvalue weighted by Crippen LogP contribution is -2.70. The van der Waals surface area contributed by atoms with Crippen LogP contribution in [-0.4, -0.2) is 62.8 Å². The van der Waals surface area contributed by atoms with Crippen LogP contribution in [0.5, 0.6) is 0 Å². The van der Waals surface area contributed by atoms with Crippen molar-refractivity contribution in [2.24, 2.45) is 5.16 Å². The number of β-lactam (4-membered cyclic amide) rings is 1. The van der Waals surface area contributed by atoms with Gasteiger partial charge in [-0.2, -0.15) is 4.98 Å². The van der Waals surface area contributed by atoms with Crippen molar-refractivity contribution >= 4 is 41.3 Å². The Bertz CT molecular complexity index is 803. The highest BCUT2D eigenvalue weighted by atomic mass is 32.2. The largest absolute Gasteiger partial charge is 0.477 e. The topological polar surface area (TPSA) is 160 Å². The van der Waals surface area contributed by atoms with E-state index in [4.69, 9.17) is 15.3 Å². The minimum Gasteiger partial charge on any atom is -0.477 e. The zero-order valence-corrected chi connectivity index (χ0v) is 13.6. The van der Waals surface area contributed by atoms with Gasteiger partial charge in [0.2, 0.25) is 0 Å². The summed E-state index contributed by atoms with van der Waals surface area (Å²) in [5, 5.41) is 14.7. The van der Waals surface area contributed by atoms with E-state index in [2.05, 4.69) is 20.3 Å². The Morgan fingerprint density at radius 2 is 2.36 bits per heavy atom. The molecule has 0 bridgehead atoms. The average molecular weight is 367 g/mol. The zero-order valence-electron chi connectivity index (χ0n) is 12.8. The number of hydrogen-bond acceptors (Lipinski definition) is 9. The minimum absolute atomic E-state index is 0.0443. The summed E-state index contributed by atoms with van der Waals surface area (Å²) in [5.74, 6) is -2.01. The second kappa shape index (κ2) is 6.47. The Hall–Kier alpha value is -3.02. The number of amides is 2. The van der Waals surface area contributed by atoms with E-state index < -0.39 is 29.2 Å². The Balaban J connectivity index is 1.75. The molecule has 1 aromatic rings. The highest BCUT2D eigenvalue weighted by Gasteiger charge is 2.53. The van der Waals surface area contributed by atoms with Crippen molar-refractivity contribution in [2.75, 3.05) is 18.6 Å². The van der Waals surface area contributed by atoms with E-state index in [0.29, 0.717) is 5.75 Å². The summed E-state index contributed by atoms with van der Waals surface area (Å²) >= 11 is 1.34. The van der Waals surface area contributed by atoms with Gasteiger partial charge in [-0.3, -0.25) is 14.5 Å². The maximum absolute atomic E-state index is 12.4. The maximum atomic E-state index is 12.4. The molecule has 25 heavy (non-hydrogen) atoms. The molecule has 11 nitrogen and oxygen atoms in total.